The van der Waals surface area contributed by atoms with E-state index >= 15 is 0 Å². The van der Waals surface area contributed by atoms with Crippen molar-refractivity contribution in [2.24, 2.45) is 5.92 Å². The number of methoxy groups -OCH3 is 2. The number of nitrogens with one attached hydrogen (secondary N) is 1. The van der Waals surface area contributed by atoms with E-state index in [4.69, 9.17) is 9.47 Å². The Kier molecular flexibility index (Phi) is 8.33. The van der Waals surface area contributed by atoms with Gasteiger partial charge < -0.3 is 14.8 Å². The SMILES string of the molecule is COC(=O)Cc1ccc(OC)c(C2=CC=C(C(F)(F)F)CC2CNCCc2ccccc2)c1. The third-order valence-electron chi connectivity index (χ3n) is 5.71. The fourth-order valence-electron chi connectivity index (χ4n) is 3.96. The van der Waals surface area contributed by atoms with E-state index in [0.717, 1.165) is 23.6 Å². The molecule has 0 spiro atoms. The van der Waals surface area contributed by atoms with Gasteiger partial charge in [-0.05, 0) is 48.2 Å². The Morgan fingerprint density at radius 3 is 2.48 bits per heavy atom. The van der Waals surface area contributed by atoms with Crippen LogP contribution in [-0.4, -0.2) is 39.5 Å². The van der Waals surface area contributed by atoms with E-state index in [1.54, 1.807) is 18.2 Å². The molecule has 1 aliphatic carbocycles. The first kappa shape index (κ1) is 24.6. The normalized spacial score (nSPS) is 16.1. The van der Waals surface area contributed by atoms with Crippen LogP contribution in [0.3, 0.4) is 0 Å². The van der Waals surface area contributed by atoms with Crippen LogP contribution in [0.2, 0.25) is 0 Å². The monoisotopic (exact) mass is 459 g/mol. The van der Waals surface area contributed by atoms with Crippen LogP contribution in [0, 0.1) is 5.92 Å². The van der Waals surface area contributed by atoms with Crippen molar-refractivity contribution in [1.82, 2.24) is 5.32 Å². The van der Waals surface area contributed by atoms with E-state index in [-0.39, 0.29) is 18.8 Å². The third kappa shape index (κ3) is 6.71. The van der Waals surface area contributed by atoms with Gasteiger partial charge in [0.1, 0.15) is 5.75 Å². The van der Waals surface area contributed by atoms with Crippen molar-refractivity contribution in [3.05, 3.63) is 82.9 Å². The van der Waals surface area contributed by atoms with Gasteiger partial charge in [-0.25, -0.2) is 0 Å². The summed E-state index contributed by atoms with van der Waals surface area (Å²) in [6.07, 6.45) is -0.978. The van der Waals surface area contributed by atoms with E-state index < -0.39 is 17.7 Å². The maximum atomic E-state index is 13.5. The second kappa shape index (κ2) is 11.2. The molecule has 1 unspecified atom stereocenters. The molecular formula is C26H28F3NO3. The number of benzene rings is 2. The molecule has 0 saturated carbocycles. The van der Waals surface area contributed by atoms with Crippen molar-refractivity contribution in [3.63, 3.8) is 0 Å². The number of alkyl halides is 3. The van der Waals surface area contributed by atoms with Crippen LogP contribution in [-0.2, 0) is 22.4 Å². The first-order valence-electron chi connectivity index (χ1n) is 10.8. The Balaban J connectivity index is 1.84. The molecule has 33 heavy (non-hydrogen) atoms. The van der Waals surface area contributed by atoms with Gasteiger partial charge in [-0.3, -0.25) is 4.79 Å². The second-order valence-corrected chi connectivity index (χ2v) is 7.94. The van der Waals surface area contributed by atoms with Gasteiger partial charge >= 0.3 is 12.1 Å². The van der Waals surface area contributed by atoms with Crippen molar-refractivity contribution in [1.29, 1.82) is 0 Å². The van der Waals surface area contributed by atoms with Crippen molar-refractivity contribution in [3.8, 4) is 5.75 Å². The highest BCUT2D eigenvalue weighted by Crippen LogP contribution is 2.41. The van der Waals surface area contributed by atoms with Gasteiger partial charge in [0.15, 0.2) is 0 Å². The molecule has 176 valence electrons. The predicted octanol–water partition coefficient (Wildman–Crippen LogP) is 5.14. The topological polar surface area (TPSA) is 47.6 Å². The van der Waals surface area contributed by atoms with Crippen LogP contribution in [0.5, 0.6) is 5.75 Å². The molecule has 4 nitrogen and oxygen atoms in total. The van der Waals surface area contributed by atoms with Crippen LogP contribution in [0.15, 0.2) is 66.3 Å². The molecule has 3 rings (SSSR count). The molecule has 0 heterocycles. The highest BCUT2D eigenvalue weighted by atomic mass is 19.4. The number of halogens is 3. The highest BCUT2D eigenvalue weighted by molar-refractivity contribution is 5.77. The lowest BCUT2D eigenvalue weighted by Gasteiger charge is -2.28. The zero-order valence-electron chi connectivity index (χ0n) is 18.7. The summed E-state index contributed by atoms with van der Waals surface area (Å²) in [7, 11) is 2.84. The molecule has 2 aromatic rings. The number of carbonyl (C=O) groups excluding carboxylic acids is 1. The number of rotatable bonds is 9. The van der Waals surface area contributed by atoms with Gasteiger partial charge in [-0.15, -0.1) is 0 Å². The second-order valence-electron chi connectivity index (χ2n) is 7.94. The summed E-state index contributed by atoms with van der Waals surface area (Å²) in [5.41, 5.74) is 2.76. The highest BCUT2D eigenvalue weighted by Gasteiger charge is 2.37. The van der Waals surface area contributed by atoms with Gasteiger partial charge in [0.2, 0.25) is 0 Å². The maximum Gasteiger partial charge on any atom is 0.412 e. The number of allylic oxidation sites excluding steroid dienone is 3. The van der Waals surface area contributed by atoms with Gasteiger partial charge in [-0.1, -0.05) is 48.6 Å². The fourth-order valence-corrected chi connectivity index (χ4v) is 3.96. The van der Waals surface area contributed by atoms with E-state index in [9.17, 15) is 18.0 Å². The van der Waals surface area contributed by atoms with Crippen LogP contribution in [0.4, 0.5) is 13.2 Å². The summed E-state index contributed by atoms with van der Waals surface area (Å²) in [5.74, 6) is -0.236. The van der Waals surface area contributed by atoms with Gasteiger partial charge in [0, 0.05) is 23.6 Å². The van der Waals surface area contributed by atoms with E-state index in [1.807, 2.05) is 30.3 Å². The fraction of sp³-hybridized carbons (Fsp3) is 0.346. The Morgan fingerprint density at radius 1 is 1.06 bits per heavy atom. The third-order valence-corrected chi connectivity index (χ3v) is 5.71. The zero-order chi connectivity index (χ0) is 23.8. The predicted molar refractivity (Wildman–Crippen MR) is 122 cm³/mol. The Bertz CT molecular complexity index is 1010. The average molecular weight is 460 g/mol. The lowest BCUT2D eigenvalue weighted by Crippen LogP contribution is -2.29. The van der Waals surface area contributed by atoms with E-state index in [2.05, 4.69) is 5.32 Å². The maximum absolute atomic E-state index is 13.5. The largest absolute Gasteiger partial charge is 0.496 e. The molecule has 1 N–H and O–H groups in total. The van der Waals surface area contributed by atoms with E-state index in [1.165, 1.54) is 20.3 Å². The van der Waals surface area contributed by atoms with Crippen molar-refractivity contribution < 1.29 is 27.4 Å². The Hall–Kier alpha value is -3.06. The lowest BCUT2D eigenvalue weighted by molar-refractivity contribution is -0.139. The van der Waals surface area contributed by atoms with Crippen LogP contribution < -0.4 is 10.1 Å². The van der Waals surface area contributed by atoms with Crippen LogP contribution in [0.25, 0.3) is 5.57 Å². The average Bonchev–Trinajstić information content (AvgIpc) is 2.81. The number of hydrogen-bond acceptors (Lipinski definition) is 4. The minimum atomic E-state index is -4.37. The minimum Gasteiger partial charge on any atom is -0.496 e. The molecule has 7 heteroatoms. The van der Waals surface area contributed by atoms with Gasteiger partial charge in [-0.2, -0.15) is 13.2 Å². The van der Waals surface area contributed by atoms with Gasteiger partial charge in [0.05, 0.1) is 20.6 Å². The van der Waals surface area contributed by atoms with Crippen molar-refractivity contribution >= 4 is 11.5 Å². The summed E-state index contributed by atoms with van der Waals surface area (Å²) in [6.45, 7) is 1.04. The number of esters is 1. The smallest absolute Gasteiger partial charge is 0.412 e. The molecule has 0 saturated heterocycles. The summed E-state index contributed by atoms with van der Waals surface area (Å²) in [4.78, 5) is 11.7. The first-order valence-corrected chi connectivity index (χ1v) is 10.8. The lowest BCUT2D eigenvalue weighted by atomic mass is 9.82. The summed E-state index contributed by atoms with van der Waals surface area (Å²) in [5, 5.41) is 3.32. The molecule has 0 aliphatic heterocycles. The molecule has 0 bridgehead atoms. The molecule has 0 fully saturated rings. The molecule has 2 aromatic carbocycles. The Labute approximate surface area is 192 Å². The van der Waals surface area contributed by atoms with Gasteiger partial charge in [0.25, 0.3) is 0 Å². The number of carbonyl (C=O) groups is 1. The van der Waals surface area contributed by atoms with Crippen molar-refractivity contribution in [2.75, 3.05) is 27.3 Å². The summed E-state index contributed by atoms with van der Waals surface area (Å²) >= 11 is 0. The zero-order valence-corrected chi connectivity index (χ0v) is 18.7. The Morgan fingerprint density at radius 2 is 1.82 bits per heavy atom. The summed E-state index contributed by atoms with van der Waals surface area (Å²) in [6, 6.07) is 15.2. The van der Waals surface area contributed by atoms with Crippen LogP contribution in [0.1, 0.15) is 23.1 Å². The number of ether oxygens (including phenoxy) is 2. The first-order chi connectivity index (χ1) is 15.8. The van der Waals surface area contributed by atoms with Crippen LogP contribution >= 0.6 is 0 Å². The van der Waals surface area contributed by atoms with E-state index in [0.29, 0.717) is 30.0 Å². The molecule has 0 aromatic heterocycles. The van der Waals surface area contributed by atoms with Crippen molar-refractivity contribution in [2.45, 2.75) is 25.4 Å². The molecular weight excluding hydrogens is 431 g/mol. The quantitative estimate of drug-likeness (QED) is 0.417. The molecule has 0 amide bonds. The standard InChI is InChI=1S/C26H28F3NO3/c1-32-24-11-8-19(15-25(31)33-2)14-23(24)22-10-9-21(26(27,28)29)16-20(22)17-30-13-12-18-6-4-3-5-7-18/h3-11,14,20,30H,12-13,15-17H2,1-2H3. The summed E-state index contributed by atoms with van der Waals surface area (Å²) < 4.78 is 50.6. The minimum absolute atomic E-state index is 0.0738. The molecule has 0 radical (unpaired) electrons. The molecule has 1 atom stereocenters. The number of hydrogen-bond donors (Lipinski definition) is 1. The molecule has 1 aliphatic rings.